The third-order valence-corrected chi connectivity index (χ3v) is 4.16. The van der Waals surface area contributed by atoms with Gasteiger partial charge in [-0.25, -0.2) is 9.78 Å². The fraction of sp³-hybridized carbons (Fsp3) is 0.133. The molecule has 3 aromatic rings. The molecule has 21 heavy (non-hydrogen) atoms. The van der Waals surface area contributed by atoms with Crippen LogP contribution in [-0.2, 0) is 11.2 Å². The van der Waals surface area contributed by atoms with Gasteiger partial charge in [0, 0.05) is 17.5 Å². The van der Waals surface area contributed by atoms with Gasteiger partial charge in [-0.1, -0.05) is 12.1 Å². The summed E-state index contributed by atoms with van der Waals surface area (Å²) in [5.41, 5.74) is 2.17. The van der Waals surface area contributed by atoms with E-state index in [4.69, 9.17) is 0 Å². The second kappa shape index (κ2) is 5.49. The average molecular weight is 300 g/mol. The van der Waals surface area contributed by atoms with E-state index in [1.54, 1.807) is 34.1 Å². The number of aromatic nitrogens is 2. The van der Waals surface area contributed by atoms with Crippen LogP contribution in [0.25, 0.3) is 4.96 Å². The highest BCUT2D eigenvalue weighted by Gasteiger charge is 2.09. The molecule has 0 saturated heterocycles. The van der Waals surface area contributed by atoms with Crippen LogP contribution in [0.3, 0.4) is 0 Å². The number of fused-ring (bicyclic) bond motifs is 1. The summed E-state index contributed by atoms with van der Waals surface area (Å²) >= 11 is 1.54. The number of methoxy groups -OCH3 is 1. The van der Waals surface area contributed by atoms with E-state index in [2.05, 4.69) is 9.72 Å². The monoisotopic (exact) mass is 300 g/mol. The van der Waals surface area contributed by atoms with Crippen molar-refractivity contribution >= 4 is 28.6 Å². The van der Waals surface area contributed by atoms with E-state index in [1.807, 2.05) is 18.3 Å². The summed E-state index contributed by atoms with van der Waals surface area (Å²) in [7, 11) is 1.36. The van der Waals surface area contributed by atoms with Gasteiger partial charge in [0.2, 0.25) is 0 Å². The van der Waals surface area contributed by atoms with Crippen LogP contribution in [0.2, 0.25) is 0 Å². The average Bonchev–Trinajstić information content (AvgIpc) is 3.06. The van der Waals surface area contributed by atoms with Gasteiger partial charge in [0.1, 0.15) is 5.69 Å². The van der Waals surface area contributed by atoms with Gasteiger partial charge < -0.3 is 4.74 Å². The third kappa shape index (κ3) is 2.57. The number of thiazole rings is 1. The van der Waals surface area contributed by atoms with Gasteiger partial charge in [-0.2, -0.15) is 0 Å². The van der Waals surface area contributed by atoms with Crippen molar-refractivity contribution < 1.29 is 14.3 Å². The van der Waals surface area contributed by atoms with Crippen molar-refractivity contribution in [2.75, 3.05) is 7.11 Å². The zero-order valence-electron chi connectivity index (χ0n) is 11.3. The number of ether oxygens (including phenoxy) is 1. The van der Waals surface area contributed by atoms with Gasteiger partial charge in [0.15, 0.2) is 11.2 Å². The Balaban J connectivity index is 1.82. The van der Waals surface area contributed by atoms with Crippen LogP contribution < -0.4 is 0 Å². The Bertz CT molecular complexity index is 802. The first-order chi connectivity index (χ1) is 10.2. The maximum absolute atomic E-state index is 11.4. The lowest BCUT2D eigenvalue weighted by Gasteiger charge is -2.01. The molecule has 0 N–H and O–H groups in total. The van der Waals surface area contributed by atoms with E-state index in [0.717, 1.165) is 28.1 Å². The SMILES string of the molecule is COC(=O)c1ccc(Cc2cn3c(C=O)cnc3s2)cc1. The lowest BCUT2D eigenvalue weighted by Crippen LogP contribution is -2.00. The molecule has 0 aliphatic carbocycles. The number of nitrogens with zero attached hydrogens (tertiary/aromatic N) is 2. The lowest BCUT2D eigenvalue weighted by molar-refractivity contribution is 0.0600. The van der Waals surface area contributed by atoms with Crippen molar-refractivity contribution in [1.29, 1.82) is 0 Å². The van der Waals surface area contributed by atoms with Crippen molar-refractivity contribution in [3.63, 3.8) is 0 Å². The normalized spacial score (nSPS) is 10.7. The molecule has 0 aliphatic rings. The molecule has 0 fully saturated rings. The fourth-order valence-electron chi connectivity index (χ4n) is 2.10. The van der Waals surface area contributed by atoms with Gasteiger partial charge in [0.05, 0.1) is 18.9 Å². The van der Waals surface area contributed by atoms with Crippen molar-refractivity contribution in [1.82, 2.24) is 9.38 Å². The second-order valence-electron chi connectivity index (χ2n) is 4.52. The number of hydrogen-bond acceptors (Lipinski definition) is 5. The summed E-state index contributed by atoms with van der Waals surface area (Å²) in [5.74, 6) is -0.341. The Morgan fingerprint density at radius 1 is 1.38 bits per heavy atom. The molecule has 0 amide bonds. The Morgan fingerprint density at radius 3 is 2.81 bits per heavy atom. The maximum atomic E-state index is 11.4. The quantitative estimate of drug-likeness (QED) is 0.549. The number of imidazole rings is 1. The molecule has 0 aliphatic heterocycles. The Kier molecular flexibility index (Phi) is 3.53. The summed E-state index contributed by atoms with van der Waals surface area (Å²) in [4.78, 5) is 28.3. The minimum absolute atomic E-state index is 0.341. The molecule has 5 nitrogen and oxygen atoms in total. The number of carbonyl (C=O) groups is 2. The molecular formula is C15H12N2O3S. The number of aldehydes is 1. The van der Waals surface area contributed by atoms with Crippen molar-refractivity contribution in [3.05, 3.63) is 58.4 Å². The summed E-state index contributed by atoms with van der Waals surface area (Å²) in [6.45, 7) is 0. The van der Waals surface area contributed by atoms with Gasteiger partial charge in [0.25, 0.3) is 0 Å². The molecular weight excluding hydrogens is 288 g/mol. The van der Waals surface area contributed by atoms with Crippen molar-refractivity contribution in [2.24, 2.45) is 0 Å². The summed E-state index contributed by atoms with van der Waals surface area (Å²) in [5, 5.41) is 0. The van der Waals surface area contributed by atoms with E-state index >= 15 is 0 Å². The summed E-state index contributed by atoms with van der Waals surface area (Å²) in [6.07, 6.45) is 5.01. The van der Waals surface area contributed by atoms with Crippen LogP contribution in [0.1, 0.15) is 31.3 Å². The van der Waals surface area contributed by atoms with Crippen LogP contribution in [-0.4, -0.2) is 28.7 Å². The molecule has 3 rings (SSSR count). The highest BCUT2D eigenvalue weighted by atomic mass is 32.1. The molecule has 0 bridgehead atoms. The zero-order valence-corrected chi connectivity index (χ0v) is 12.1. The smallest absolute Gasteiger partial charge is 0.337 e. The number of esters is 1. The van der Waals surface area contributed by atoms with E-state index in [9.17, 15) is 9.59 Å². The Labute approximate surface area is 124 Å². The fourth-order valence-corrected chi connectivity index (χ4v) is 3.09. The predicted molar refractivity (Wildman–Crippen MR) is 79.0 cm³/mol. The minimum atomic E-state index is -0.341. The molecule has 0 atom stereocenters. The predicted octanol–water partition coefficient (Wildman–Crippen LogP) is 2.59. The molecule has 1 aromatic carbocycles. The molecule has 2 heterocycles. The van der Waals surface area contributed by atoms with E-state index in [-0.39, 0.29) is 5.97 Å². The van der Waals surface area contributed by atoms with Crippen molar-refractivity contribution in [2.45, 2.75) is 6.42 Å². The van der Waals surface area contributed by atoms with Gasteiger partial charge in [-0.15, -0.1) is 11.3 Å². The molecule has 0 radical (unpaired) electrons. The summed E-state index contributed by atoms with van der Waals surface area (Å²) in [6, 6.07) is 7.29. The molecule has 0 spiro atoms. The number of benzene rings is 1. The van der Waals surface area contributed by atoms with Crippen LogP contribution in [0, 0.1) is 0 Å². The van der Waals surface area contributed by atoms with E-state index < -0.39 is 0 Å². The molecule has 0 unspecified atom stereocenters. The minimum Gasteiger partial charge on any atom is -0.465 e. The topological polar surface area (TPSA) is 60.7 Å². The highest BCUT2D eigenvalue weighted by Crippen LogP contribution is 2.21. The summed E-state index contributed by atoms with van der Waals surface area (Å²) < 4.78 is 6.46. The highest BCUT2D eigenvalue weighted by molar-refractivity contribution is 7.17. The van der Waals surface area contributed by atoms with Crippen LogP contribution >= 0.6 is 11.3 Å². The van der Waals surface area contributed by atoms with Crippen LogP contribution in [0.15, 0.2) is 36.7 Å². The molecule has 2 aromatic heterocycles. The molecule has 6 heteroatoms. The van der Waals surface area contributed by atoms with Crippen LogP contribution in [0.4, 0.5) is 0 Å². The van der Waals surface area contributed by atoms with E-state index in [0.29, 0.717) is 11.3 Å². The van der Waals surface area contributed by atoms with Crippen molar-refractivity contribution in [3.8, 4) is 0 Å². The van der Waals surface area contributed by atoms with Gasteiger partial charge >= 0.3 is 5.97 Å². The third-order valence-electron chi connectivity index (χ3n) is 3.16. The number of rotatable bonds is 4. The lowest BCUT2D eigenvalue weighted by atomic mass is 10.1. The molecule has 106 valence electrons. The maximum Gasteiger partial charge on any atom is 0.337 e. The number of carbonyl (C=O) groups excluding carboxylic acids is 2. The first-order valence-corrected chi connectivity index (χ1v) is 7.11. The second-order valence-corrected chi connectivity index (χ2v) is 5.61. The Hall–Kier alpha value is -2.47. The standard InChI is InChI=1S/C15H12N2O3S/c1-20-14(19)11-4-2-10(3-5-11)6-13-8-17-12(9-18)7-16-15(17)21-13/h2-5,7-9H,6H2,1H3. The van der Waals surface area contributed by atoms with Crippen LogP contribution in [0.5, 0.6) is 0 Å². The first-order valence-electron chi connectivity index (χ1n) is 6.29. The Morgan fingerprint density at radius 2 is 2.14 bits per heavy atom. The van der Waals surface area contributed by atoms with Gasteiger partial charge in [-0.05, 0) is 17.7 Å². The zero-order chi connectivity index (χ0) is 14.8. The first kappa shape index (κ1) is 13.5. The largest absolute Gasteiger partial charge is 0.465 e. The molecule has 0 saturated carbocycles. The van der Waals surface area contributed by atoms with Gasteiger partial charge in [-0.3, -0.25) is 9.20 Å². The van der Waals surface area contributed by atoms with E-state index in [1.165, 1.54) is 7.11 Å². The number of hydrogen-bond donors (Lipinski definition) is 0.